The van der Waals surface area contributed by atoms with Gasteiger partial charge in [0.1, 0.15) is 40.0 Å². The molecular weight excluding hydrogens is 442 g/mol. The fraction of sp³-hybridized carbons (Fsp3) is 0.440. The molecule has 34 heavy (non-hydrogen) atoms. The summed E-state index contributed by atoms with van der Waals surface area (Å²) in [6.07, 6.45) is 1.54. The third kappa shape index (κ3) is 3.65. The molecule has 0 aromatic heterocycles. The van der Waals surface area contributed by atoms with Crippen LogP contribution in [0.1, 0.15) is 62.5 Å². The van der Waals surface area contributed by atoms with Crippen molar-refractivity contribution in [2.45, 2.75) is 59.4 Å². The number of aromatic hydroxyl groups is 2. The van der Waals surface area contributed by atoms with Gasteiger partial charge < -0.3 is 25.0 Å². The molecule has 1 heterocycles. The maximum Gasteiger partial charge on any atom is 0.328 e. The largest absolute Gasteiger partial charge is 0.507 e. The number of hydrogen-bond donors (Lipinski definition) is 3. The van der Waals surface area contributed by atoms with Crippen LogP contribution in [0.4, 0.5) is 0 Å². The number of nitrogens with one attached hydrogen (secondary N) is 1. The van der Waals surface area contributed by atoms with Crippen LogP contribution in [-0.2, 0) is 24.5 Å². The molecule has 3 N–H and O–H groups in total. The SMILES string of the molecule is COC(=O)C(CC(C)C)NC(C)=C1C(=O)C=C2Oc3c(C(C)=O)c(O)c(C)c(O)c3C2(C)C1=O. The number of ketones is 3. The van der Waals surface area contributed by atoms with Crippen LogP contribution in [0.5, 0.6) is 17.2 Å². The van der Waals surface area contributed by atoms with Crippen molar-refractivity contribution in [3.63, 3.8) is 0 Å². The Labute approximate surface area is 197 Å². The number of fused-ring (bicyclic) bond motifs is 3. The Hall–Kier alpha value is -3.62. The minimum absolute atomic E-state index is 0.00810. The summed E-state index contributed by atoms with van der Waals surface area (Å²) in [5.41, 5.74) is -1.79. The number of allylic oxidation sites excluding steroid dienone is 4. The van der Waals surface area contributed by atoms with Gasteiger partial charge in [0, 0.05) is 17.3 Å². The molecule has 0 saturated carbocycles. The Bertz CT molecular complexity index is 1190. The van der Waals surface area contributed by atoms with Crippen molar-refractivity contribution in [1.82, 2.24) is 5.32 Å². The highest BCUT2D eigenvalue weighted by atomic mass is 16.5. The number of methoxy groups -OCH3 is 1. The minimum atomic E-state index is -1.62. The smallest absolute Gasteiger partial charge is 0.328 e. The molecule has 1 aliphatic carbocycles. The lowest BCUT2D eigenvalue weighted by atomic mass is 9.70. The van der Waals surface area contributed by atoms with E-state index in [0.29, 0.717) is 6.42 Å². The highest BCUT2D eigenvalue weighted by molar-refractivity contribution is 6.31. The molecule has 2 aliphatic rings. The van der Waals surface area contributed by atoms with Crippen LogP contribution in [0.25, 0.3) is 0 Å². The van der Waals surface area contributed by atoms with Crippen LogP contribution in [-0.4, -0.2) is 46.7 Å². The van der Waals surface area contributed by atoms with E-state index in [1.54, 1.807) is 0 Å². The van der Waals surface area contributed by atoms with Crippen LogP contribution in [0, 0.1) is 12.8 Å². The quantitative estimate of drug-likeness (QED) is 0.247. The molecule has 9 nitrogen and oxygen atoms in total. The Morgan fingerprint density at radius 2 is 1.79 bits per heavy atom. The lowest BCUT2D eigenvalue weighted by Crippen LogP contribution is -2.43. The molecule has 3 rings (SSSR count). The summed E-state index contributed by atoms with van der Waals surface area (Å²) in [5.74, 6) is -3.29. The average molecular weight is 472 g/mol. The zero-order valence-corrected chi connectivity index (χ0v) is 20.3. The molecule has 0 radical (unpaired) electrons. The maximum atomic E-state index is 13.8. The van der Waals surface area contributed by atoms with E-state index in [1.807, 2.05) is 13.8 Å². The predicted octanol–water partition coefficient (Wildman–Crippen LogP) is 2.75. The Balaban J connectivity index is 2.20. The fourth-order valence-corrected chi connectivity index (χ4v) is 4.52. The van der Waals surface area contributed by atoms with Crippen molar-refractivity contribution in [3.8, 4) is 17.2 Å². The van der Waals surface area contributed by atoms with Gasteiger partial charge >= 0.3 is 5.97 Å². The summed E-state index contributed by atoms with van der Waals surface area (Å²) in [4.78, 5) is 51.3. The third-order valence-electron chi connectivity index (χ3n) is 6.34. The Kier molecular flexibility index (Phi) is 6.34. The minimum Gasteiger partial charge on any atom is -0.507 e. The van der Waals surface area contributed by atoms with Gasteiger partial charge in [-0.05, 0) is 40.0 Å². The predicted molar refractivity (Wildman–Crippen MR) is 122 cm³/mol. The molecule has 1 aromatic rings. The second-order valence-corrected chi connectivity index (χ2v) is 9.24. The van der Waals surface area contributed by atoms with E-state index < -0.39 is 46.3 Å². The fourth-order valence-electron chi connectivity index (χ4n) is 4.52. The van der Waals surface area contributed by atoms with Crippen LogP contribution in [0.15, 0.2) is 23.1 Å². The highest BCUT2D eigenvalue weighted by Crippen LogP contribution is 2.57. The van der Waals surface area contributed by atoms with Crippen LogP contribution in [0.3, 0.4) is 0 Å². The Morgan fingerprint density at radius 1 is 1.18 bits per heavy atom. The normalized spacial score (nSPS) is 21.4. The maximum absolute atomic E-state index is 13.8. The first-order chi connectivity index (χ1) is 15.8. The van der Waals surface area contributed by atoms with Gasteiger partial charge in [0.05, 0.1) is 18.2 Å². The second-order valence-electron chi connectivity index (χ2n) is 9.24. The topological polar surface area (TPSA) is 139 Å². The van der Waals surface area contributed by atoms with Gasteiger partial charge in [-0.25, -0.2) is 4.79 Å². The molecule has 0 spiro atoms. The molecule has 9 heteroatoms. The molecule has 1 aliphatic heterocycles. The monoisotopic (exact) mass is 471 g/mol. The Morgan fingerprint density at radius 3 is 2.32 bits per heavy atom. The first-order valence-electron chi connectivity index (χ1n) is 10.9. The van der Waals surface area contributed by atoms with E-state index in [-0.39, 0.29) is 45.4 Å². The number of carbonyl (C=O) groups is 4. The van der Waals surface area contributed by atoms with Gasteiger partial charge in [0.25, 0.3) is 0 Å². The molecule has 0 bridgehead atoms. The number of phenols is 2. The molecular formula is C25H29NO8. The van der Waals surface area contributed by atoms with Crippen LogP contribution in [0.2, 0.25) is 0 Å². The van der Waals surface area contributed by atoms with Crippen molar-refractivity contribution in [1.29, 1.82) is 0 Å². The summed E-state index contributed by atoms with van der Waals surface area (Å²) < 4.78 is 10.6. The molecule has 2 atom stereocenters. The lowest BCUT2D eigenvalue weighted by Gasteiger charge is -2.30. The van der Waals surface area contributed by atoms with Crippen molar-refractivity contribution in [2.75, 3.05) is 7.11 Å². The molecule has 0 saturated heterocycles. The second kappa shape index (κ2) is 8.62. The van der Waals surface area contributed by atoms with Gasteiger partial charge in [0.15, 0.2) is 17.3 Å². The zero-order chi connectivity index (χ0) is 25.7. The summed E-state index contributed by atoms with van der Waals surface area (Å²) >= 11 is 0. The standard InChI is InChI=1S/C25H29NO8/c1-10(2)8-14(24(32)33-7)26-12(4)17-15(28)9-16-25(6,23(17)31)19-21(30)11(3)20(29)18(13(5)27)22(19)34-16/h9-10,14,26,29-30H,8H2,1-7H3. The van der Waals surface area contributed by atoms with Crippen molar-refractivity contribution < 1.29 is 38.9 Å². The van der Waals surface area contributed by atoms with E-state index in [9.17, 15) is 29.4 Å². The lowest BCUT2D eigenvalue weighted by molar-refractivity contribution is -0.143. The number of Topliss-reactive ketones (excluding diaryl/α,β-unsaturated/α-hetero) is 2. The number of rotatable bonds is 6. The van der Waals surface area contributed by atoms with E-state index in [2.05, 4.69) is 5.32 Å². The summed E-state index contributed by atoms with van der Waals surface area (Å²) in [6.45, 7) is 9.49. The highest BCUT2D eigenvalue weighted by Gasteiger charge is 2.56. The first kappa shape index (κ1) is 25.0. The number of phenolic OH excluding ortho intramolecular Hbond substituents is 2. The zero-order valence-electron chi connectivity index (χ0n) is 20.3. The van der Waals surface area contributed by atoms with Crippen LogP contribution < -0.4 is 10.1 Å². The molecule has 182 valence electrons. The van der Waals surface area contributed by atoms with E-state index in [0.717, 1.165) is 6.08 Å². The first-order valence-corrected chi connectivity index (χ1v) is 10.9. The number of esters is 1. The molecule has 1 aromatic carbocycles. The van der Waals surface area contributed by atoms with Gasteiger partial charge in [-0.2, -0.15) is 0 Å². The summed E-state index contributed by atoms with van der Waals surface area (Å²) in [6, 6.07) is -0.777. The number of benzene rings is 1. The third-order valence-corrected chi connectivity index (χ3v) is 6.34. The summed E-state index contributed by atoms with van der Waals surface area (Å²) in [5, 5.41) is 24.3. The number of carbonyl (C=O) groups excluding carboxylic acids is 4. The van der Waals surface area contributed by atoms with E-state index >= 15 is 0 Å². The van der Waals surface area contributed by atoms with Gasteiger partial charge in [-0.3, -0.25) is 14.4 Å². The molecule has 0 amide bonds. The summed E-state index contributed by atoms with van der Waals surface area (Å²) in [7, 11) is 1.26. The van der Waals surface area contributed by atoms with Crippen molar-refractivity contribution in [2.24, 2.45) is 5.92 Å². The van der Waals surface area contributed by atoms with Crippen molar-refractivity contribution in [3.05, 3.63) is 39.8 Å². The van der Waals surface area contributed by atoms with Crippen LogP contribution >= 0.6 is 0 Å². The number of ether oxygens (including phenoxy) is 2. The van der Waals surface area contributed by atoms with Crippen molar-refractivity contribution >= 4 is 23.3 Å². The van der Waals surface area contributed by atoms with E-state index in [4.69, 9.17) is 9.47 Å². The van der Waals surface area contributed by atoms with E-state index in [1.165, 1.54) is 34.8 Å². The molecule has 0 fully saturated rings. The van der Waals surface area contributed by atoms with Gasteiger partial charge in [-0.1, -0.05) is 13.8 Å². The average Bonchev–Trinajstić information content (AvgIpc) is 3.03. The van der Waals surface area contributed by atoms with Gasteiger partial charge in [0.2, 0.25) is 0 Å². The molecule has 2 unspecified atom stereocenters. The van der Waals surface area contributed by atoms with Gasteiger partial charge in [-0.15, -0.1) is 0 Å². The number of hydrogen-bond acceptors (Lipinski definition) is 9.